The van der Waals surface area contributed by atoms with Crippen molar-refractivity contribution in [3.8, 4) is 10.7 Å². The van der Waals surface area contributed by atoms with Crippen LogP contribution in [0.5, 0.6) is 0 Å². The van der Waals surface area contributed by atoms with Gasteiger partial charge in [0.25, 0.3) is 0 Å². The maximum Gasteiger partial charge on any atom is 0.231 e. The number of nitrogens with one attached hydrogen (secondary N) is 1. The zero-order chi connectivity index (χ0) is 13.8. The molecule has 2 aromatic heterocycles. The van der Waals surface area contributed by atoms with Gasteiger partial charge in [0.15, 0.2) is 0 Å². The van der Waals surface area contributed by atoms with Gasteiger partial charge in [0.05, 0.1) is 10.8 Å². The fourth-order valence-electron chi connectivity index (χ4n) is 2.12. The third-order valence-corrected chi connectivity index (χ3v) is 4.80. The summed E-state index contributed by atoms with van der Waals surface area (Å²) < 4.78 is 6.49. The maximum atomic E-state index is 5.44. The van der Waals surface area contributed by atoms with E-state index in [1.807, 2.05) is 11.4 Å². The van der Waals surface area contributed by atoms with E-state index in [0.717, 1.165) is 28.2 Å². The molecular formula is C13H18BrN3OS. The van der Waals surface area contributed by atoms with E-state index in [2.05, 4.69) is 52.2 Å². The molecule has 0 spiro atoms. The van der Waals surface area contributed by atoms with E-state index in [9.17, 15) is 0 Å². The van der Waals surface area contributed by atoms with Crippen LogP contribution in [-0.4, -0.2) is 22.7 Å². The Morgan fingerprint density at radius 3 is 2.84 bits per heavy atom. The molecule has 19 heavy (non-hydrogen) atoms. The number of likely N-dealkylation sites (N-methyl/N-ethyl adjacent to an activating group) is 1. The van der Waals surface area contributed by atoms with Crippen molar-refractivity contribution in [1.82, 2.24) is 15.5 Å². The fraction of sp³-hybridized carbons (Fsp3) is 0.538. The molecule has 2 heterocycles. The average molecular weight is 344 g/mol. The quantitative estimate of drug-likeness (QED) is 0.859. The van der Waals surface area contributed by atoms with Crippen molar-refractivity contribution in [2.24, 2.45) is 0 Å². The first-order chi connectivity index (χ1) is 9.15. The number of hydrogen-bond acceptors (Lipinski definition) is 5. The highest BCUT2D eigenvalue weighted by Gasteiger charge is 2.23. The van der Waals surface area contributed by atoms with Gasteiger partial charge in [-0.15, -0.1) is 11.3 Å². The second-order valence-corrected chi connectivity index (χ2v) is 6.27. The monoisotopic (exact) mass is 343 g/mol. The number of halogens is 1. The Morgan fingerprint density at radius 2 is 2.26 bits per heavy atom. The molecule has 2 rings (SSSR count). The fourth-order valence-corrected chi connectivity index (χ4v) is 3.47. The first-order valence-electron chi connectivity index (χ1n) is 6.47. The lowest BCUT2D eigenvalue weighted by molar-refractivity contribution is 0.318. The van der Waals surface area contributed by atoms with Crippen molar-refractivity contribution in [3.63, 3.8) is 0 Å². The largest absolute Gasteiger partial charge is 0.339 e. The van der Waals surface area contributed by atoms with Gasteiger partial charge in [-0.2, -0.15) is 4.98 Å². The lowest BCUT2D eigenvalue weighted by atomic mass is 9.98. The van der Waals surface area contributed by atoms with E-state index in [4.69, 9.17) is 4.52 Å². The molecule has 0 aliphatic carbocycles. The molecular weight excluding hydrogens is 326 g/mol. The van der Waals surface area contributed by atoms with Crippen LogP contribution in [0.3, 0.4) is 0 Å². The van der Waals surface area contributed by atoms with Gasteiger partial charge in [0.1, 0.15) is 0 Å². The van der Waals surface area contributed by atoms with Crippen LogP contribution in [0.25, 0.3) is 10.7 Å². The van der Waals surface area contributed by atoms with Crippen LogP contribution in [0.2, 0.25) is 0 Å². The highest BCUT2D eigenvalue weighted by atomic mass is 79.9. The highest BCUT2D eigenvalue weighted by Crippen LogP contribution is 2.30. The second kappa shape index (κ2) is 6.63. The average Bonchev–Trinajstić information content (AvgIpc) is 2.99. The van der Waals surface area contributed by atoms with Gasteiger partial charge in [-0.25, -0.2) is 0 Å². The molecule has 0 radical (unpaired) electrons. The van der Waals surface area contributed by atoms with E-state index >= 15 is 0 Å². The van der Waals surface area contributed by atoms with Crippen LogP contribution in [0.15, 0.2) is 20.4 Å². The van der Waals surface area contributed by atoms with Crippen LogP contribution >= 0.6 is 27.3 Å². The summed E-state index contributed by atoms with van der Waals surface area (Å²) in [6, 6.07) is 2.34. The number of aromatic nitrogens is 2. The molecule has 0 saturated heterocycles. The summed E-state index contributed by atoms with van der Waals surface area (Å²) >= 11 is 5.04. The Kier molecular flexibility index (Phi) is 5.13. The van der Waals surface area contributed by atoms with Gasteiger partial charge in [-0.1, -0.05) is 19.0 Å². The Bertz CT molecular complexity index is 525. The lowest BCUT2D eigenvalue weighted by Gasteiger charge is -2.19. The lowest BCUT2D eigenvalue weighted by Crippen LogP contribution is -2.31. The first-order valence-corrected chi connectivity index (χ1v) is 8.14. The molecule has 0 saturated carbocycles. The molecule has 2 aromatic rings. The summed E-state index contributed by atoms with van der Waals surface area (Å²) in [6.07, 6.45) is 0.976. The molecule has 104 valence electrons. The highest BCUT2D eigenvalue weighted by molar-refractivity contribution is 9.10. The number of nitrogens with zero attached hydrogens (tertiary/aromatic N) is 2. The van der Waals surface area contributed by atoms with Crippen LogP contribution in [0, 0.1) is 0 Å². The summed E-state index contributed by atoms with van der Waals surface area (Å²) in [7, 11) is 0. The van der Waals surface area contributed by atoms with Gasteiger partial charge in [0, 0.05) is 15.9 Å². The Balaban J connectivity index is 2.19. The summed E-state index contributed by atoms with van der Waals surface area (Å²) in [5.41, 5.74) is 0. The van der Waals surface area contributed by atoms with E-state index in [1.54, 1.807) is 11.3 Å². The molecule has 0 aliphatic rings. The number of thiophene rings is 1. The normalized spacial score (nSPS) is 14.5. The third-order valence-electron chi connectivity index (χ3n) is 3.12. The van der Waals surface area contributed by atoms with E-state index in [0.29, 0.717) is 11.9 Å². The molecule has 4 nitrogen and oxygen atoms in total. The summed E-state index contributed by atoms with van der Waals surface area (Å²) in [5.74, 6) is 1.65. The predicted molar refractivity (Wildman–Crippen MR) is 81.5 cm³/mol. The minimum Gasteiger partial charge on any atom is -0.339 e. The summed E-state index contributed by atoms with van der Waals surface area (Å²) in [4.78, 5) is 5.56. The summed E-state index contributed by atoms with van der Waals surface area (Å²) in [6.45, 7) is 7.34. The molecule has 0 aromatic carbocycles. The van der Waals surface area contributed by atoms with Crippen LogP contribution < -0.4 is 5.32 Å². The molecule has 0 aliphatic heterocycles. The standard InChI is InChI=1S/C13H18BrN3OS/c1-4-10(8(3)15-5-2)13-16-12(17-18-13)11-6-9(14)7-19-11/h6-8,10,15H,4-5H2,1-3H3. The second-order valence-electron chi connectivity index (χ2n) is 4.45. The molecule has 0 amide bonds. The van der Waals surface area contributed by atoms with Crippen LogP contribution in [0.4, 0.5) is 0 Å². The molecule has 0 fully saturated rings. The number of hydrogen-bond donors (Lipinski definition) is 1. The molecule has 1 N–H and O–H groups in total. The van der Waals surface area contributed by atoms with Crippen molar-refractivity contribution in [2.75, 3.05) is 6.54 Å². The zero-order valence-corrected chi connectivity index (χ0v) is 13.7. The Hall–Kier alpha value is -0.720. The van der Waals surface area contributed by atoms with E-state index < -0.39 is 0 Å². The van der Waals surface area contributed by atoms with E-state index in [1.165, 1.54) is 0 Å². The van der Waals surface area contributed by atoms with Crippen molar-refractivity contribution in [3.05, 3.63) is 21.8 Å². The van der Waals surface area contributed by atoms with Crippen molar-refractivity contribution < 1.29 is 4.52 Å². The summed E-state index contributed by atoms with van der Waals surface area (Å²) in [5, 5.41) is 9.52. The zero-order valence-electron chi connectivity index (χ0n) is 11.3. The SMILES string of the molecule is CCNC(C)C(CC)c1nc(-c2cc(Br)cs2)no1. The van der Waals surface area contributed by atoms with Gasteiger partial charge in [-0.3, -0.25) is 0 Å². The Labute approximate surface area is 125 Å². The van der Waals surface area contributed by atoms with Gasteiger partial charge in [-0.05, 0) is 41.9 Å². The minimum absolute atomic E-state index is 0.254. The smallest absolute Gasteiger partial charge is 0.231 e. The number of rotatable bonds is 6. The van der Waals surface area contributed by atoms with Crippen LogP contribution in [-0.2, 0) is 0 Å². The van der Waals surface area contributed by atoms with Gasteiger partial charge < -0.3 is 9.84 Å². The molecule has 2 unspecified atom stereocenters. The van der Waals surface area contributed by atoms with Crippen molar-refractivity contribution >= 4 is 27.3 Å². The molecule has 0 bridgehead atoms. The van der Waals surface area contributed by atoms with Crippen molar-refractivity contribution in [1.29, 1.82) is 0 Å². The third kappa shape index (κ3) is 3.43. The first kappa shape index (κ1) is 14.7. The van der Waals surface area contributed by atoms with Gasteiger partial charge >= 0.3 is 0 Å². The molecule has 2 atom stereocenters. The Morgan fingerprint density at radius 1 is 1.47 bits per heavy atom. The van der Waals surface area contributed by atoms with Crippen molar-refractivity contribution in [2.45, 2.75) is 39.2 Å². The predicted octanol–water partition coefficient (Wildman–Crippen LogP) is 4.05. The van der Waals surface area contributed by atoms with E-state index in [-0.39, 0.29) is 5.92 Å². The molecule has 6 heteroatoms. The van der Waals surface area contributed by atoms with Gasteiger partial charge in [0.2, 0.25) is 11.7 Å². The topological polar surface area (TPSA) is 51.0 Å². The minimum atomic E-state index is 0.254. The van der Waals surface area contributed by atoms with Crippen LogP contribution in [0.1, 0.15) is 39.0 Å². The maximum absolute atomic E-state index is 5.44.